The first kappa shape index (κ1) is 14.4. The predicted molar refractivity (Wildman–Crippen MR) is 72.1 cm³/mol. The van der Waals surface area contributed by atoms with Gasteiger partial charge in [0.25, 0.3) is 0 Å². The lowest BCUT2D eigenvalue weighted by molar-refractivity contribution is -0.137. The molecule has 0 aliphatic heterocycles. The summed E-state index contributed by atoms with van der Waals surface area (Å²) in [6, 6.07) is 5.00. The molecule has 1 aromatic carbocycles. The lowest BCUT2D eigenvalue weighted by Crippen LogP contribution is -2.04. The number of halogens is 3. The highest BCUT2D eigenvalue weighted by Crippen LogP contribution is 2.32. The second-order valence-corrected chi connectivity index (χ2v) is 4.66. The number of anilines is 1. The van der Waals surface area contributed by atoms with Crippen LogP contribution in [0.15, 0.2) is 24.3 Å². The zero-order valence-electron chi connectivity index (χ0n) is 11.3. The lowest BCUT2D eigenvalue weighted by Gasteiger charge is -2.07. The zero-order chi connectivity index (χ0) is 14.9. The number of hydrogen-bond acceptors (Lipinski definition) is 2. The molecule has 1 heterocycles. The molecule has 1 aromatic heterocycles. The van der Waals surface area contributed by atoms with Crippen molar-refractivity contribution >= 4 is 5.82 Å². The fraction of sp³-hybridized carbons (Fsp3) is 0.357. The van der Waals surface area contributed by atoms with Crippen molar-refractivity contribution in [3.63, 3.8) is 0 Å². The maximum Gasteiger partial charge on any atom is 0.416 e. The van der Waals surface area contributed by atoms with Crippen LogP contribution < -0.4 is 5.73 Å². The Morgan fingerprint density at radius 3 is 2.30 bits per heavy atom. The first-order chi connectivity index (χ1) is 9.34. The average molecular weight is 283 g/mol. The third-order valence-electron chi connectivity index (χ3n) is 3.18. The van der Waals surface area contributed by atoms with Crippen LogP contribution in [0.25, 0.3) is 11.3 Å². The van der Waals surface area contributed by atoms with Crippen LogP contribution >= 0.6 is 0 Å². The van der Waals surface area contributed by atoms with Crippen LogP contribution in [0.2, 0.25) is 0 Å². The summed E-state index contributed by atoms with van der Waals surface area (Å²) >= 11 is 0. The number of aromatic nitrogens is 2. The molecular formula is C14H16F3N3. The Morgan fingerprint density at radius 1 is 1.20 bits per heavy atom. The molecular weight excluding hydrogens is 267 g/mol. The number of benzene rings is 1. The van der Waals surface area contributed by atoms with E-state index in [1.807, 2.05) is 6.92 Å². The fourth-order valence-electron chi connectivity index (χ4n) is 2.13. The summed E-state index contributed by atoms with van der Waals surface area (Å²) in [5, 5.41) is 4.30. The van der Waals surface area contributed by atoms with Crippen LogP contribution in [0.3, 0.4) is 0 Å². The molecule has 0 fully saturated rings. The number of alkyl halides is 3. The summed E-state index contributed by atoms with van der Waals surface area (Å²) in [5.41, 5.74) is 7.47. The summed E-state index contributed by atoms with van der Waals surface area (Å²) < 4.78 is 39.2. The fourth-order valence-corrected chi connectivity index (χ4v) is 2.13. The molecule has 0 saturated carbocycles. The molecule has 0 amide bonds. The molecule has 2 N–H and O–H groups in total. The Hall–Kier alpha value is -1.98. The smallest absolute Gasteiger partial charge is 0.384 e. The zero-order valence-corrected chi connectivity index (χ0v) is 11.3. The molecule has 0 spiro atoms. The van der Waals surface area contributed by atoms with Crippen molar-refractivity contribution in [2.24, 2.45) is 7.05 Å². The van der Waals surface area contributed by atoms with Gasteiger partial charge in [-0.05, 0) is 18.6 Å². The number of aryl methyl sites for hydroxylation is 1. The first-order valence-corrected chi connectivity index (χ1v) is 6.33. The molecule has 3 nitrogen and oxygen atoms in total. The maximum atomic E-state index is 12.6. The minimum Gasteiger partial charge on any atom is -0.384 e. The number of rotatable bonds is 3. The second kappa shape index (κ2) is 5.19. The van der Waals surface area contributed by atoms with Gasteiger partial charge in [-0.25, -0.2) is 0 Å². The van der Waals surface area contributed by atoms with Gasteiger partial charge in [-0.1, -0.05) is 25.5 Å². The van der Waals surface area contributed by atoms with Gasteiger partial charge < -0.3 is 5.73 Å². The van der Waals surface area contributed by atoms with Crippen LogP contribution in [0.4, 0.5) is 19.0 Å². The molecule has 6 heteroatoms. The molecule has 108 valence electrons. The summed E-state index contributed by atoms with van der Waals surface area (Å²) in [4.78, 5) is 0. The van der Waals surface area contributed by atoms with Gasteiger partial charge in [0.1, 0.15) is 5.82 Å². The minimum absolute atomic E-state index is 0.557. The Kier molecular flexibility index (Phi) is 3.74. The van der Waals surface area contributed by atoms with Gasteiger partial charge in [0.15, 0.2) is 0 Å². The highest BCUT2D eigenvalue weighted by Gasteiger charge is 2.30. The van der Waals surface area contributed by atoms with Gasteiger partial charge in [0.2, 0.25) is 0 Å². The SMILES string of the molecule is CCCc1c(-c2ccc(C(F)(F)F)cc2)nn(C)c1N. The van der Waals surface area contributed by atoms with Crippen molar-refractivity contribution in [2.45, 2.75) is 25.9 Å². The van der Waals surface area contributed by atoms with E-state index in [2.05, 4.69) is 5.10 Å². The highest BCUT2D eigenvalue weighted by atomic mass is 19.4. The largest absolute Gasteiger partial charge is 0.416 e. The highest BCUT2D eigenvalue weighted by molar-refractivity contribution is 5.68. The molecule has 0 bridgehead atoms. The molecule has 0 atom stereocenters. The molecule has 2 rings (SSSR count). The number of nitrogens with zero attached hydrogens (tertiary/aromatic N) is 2. The van der Waals surface area contributed by atoms with E-state index < -0.39 is 11.7 Å². The lowest BCUT2D eigenvalue weighted by atomic mass is 10.0. The Labute approximate surface area is 115 Å². The summed E-state index contributed by atoms with van der Waals surface area (Å²) in [5.74, 6) is 0.557. The van der Waals surface area contributed by atoms with Crippen molar-refractivity contribution in [3.05, 3.63) is 35.4 Å². The quantitative estimate of drug-likeness (QED) is 0.934. The topological polar surface area (TPSA) is 43.8 Å². The predicted octanol–water partition coefficient (Wildman–Crippen LogP) is 3.64. The van der Waals surface area contributed by atoms with E-state index in [4.69, 9.17) is 5.73 Å². The van der Waals surface area contributed by atoms with Gasteiger partial charge in [-0.3, -0.25) is 4.68 Å². The van der Waals surface area contributed by atoms with E-state index in [0.29, 0.717) is 17.1 Å². The van der Waals surface area contributed by atoms with Crippen molar-refractivity contribution < 1.29 is 13.2 Å². The molecule has 0 radical (unpaired) electrons. The average Bonchev–Trinajstić information content (AvgIpc) is 2.67. The standard InChI is InChI=1S/C14H16F3N3/c1-3-4-11-12(19-20(2)13(11)18)9-5-7-10(8-6-9)14(15,16)17/h5-8H,3-4,18H2,1-2H3. The van der Waals surface area contributed by atoms with Crippen molar-refractivity contribution in [2.75, 3.05) is 5.73 Å². The van der Waals surface area contributed by atoms with Crippen molar-refractivity contribution in [1.82, 2.24) is 9.78 Å². The first-order valence-electron chi connectivity index (χ1n) is 6.33. The number of nitrogens with two attached hydrogens (primary N) is 1. The van der Waals surface area contributed by atoms with E-state index in [-0.39, 0.29) is 0 Å². The molecule has 0 saturated heterocycles. The summed E-state index contributed by atoms with van der Waals surface area (Å²) in [6.07, 6.45) is -2.69. The van der Waals surface area contributed by atoms with Gasteiger partial charge >= 0.3 is 6.18 Å². The monoisotopic (exact) mass is 283 g/mol. The van der Waals surface area contributed by atoms with E-state index in [9.17, 15) is 13.2 Å². The normalized spacial score (nSPS) is 11.8. The van der Waals surface area contributed by atoms with Crippen molar-refractivity contribution in [3.8, 4) is 11.3 Å². The van der Waals surface area contributed by atoms with E-state index >= 15 is 0 Å². The second-order valence-electron chi connectivity index (χ2n) is 4.66. The van der Waals surface area contributed by atoms with Gasteiger partial charge in [0, 0.05) is 18.2 Å². The van der Waals surface area contributed by atoms with E-state index in [1.54, 1.807) is 11.7 Å². The van der Waals surface area contributed by atoms with Crippen LogP contribution in [-0.4, -0.2) is 9.78 Å². The summed E-state index contributed by atoms with van der Waals surface area (Å²) in [7, 11) is 1.72. The summed E-state index contributed by atoms with van der Waals surface area (Å²) in [6.45, 7) is 2.02. The van der Waals surface area contributed by atoms with Gasteiger partial charge in [0.05, 0.1) is 11.3 Å². The van der Waals surface area contributed by atoms with Crippen molar-refractivity contribution in [1.29, 1.82) is 0 Å². The Balaban J connectivity index is 2.44. The maximum absolute atomic E-state index is 12.6. The van der Waals surface area contributed by atoms with Gasteiger partial charge in [-0.15, -0.1) is 0 Å². The Morgan fingerprint density at radius 2 is 1.80 bits per heavy atom. The molecule has 0 aliphatic carbocycles. The molecule has 0 unspecified atom stereocenters. The van der Waals surface area contributed by atoms with Crippen LogP contribution in [0.1, 0.15) is 24.5 Å². The van der Waals surface area contributed by atoms with Crippen LogP contribution in [0.5, 0.6) is 0 Å². The number of nitrogen functional groups attached to an aromatic ring is 1. The minimum atomic E-state index is -4.33. The van der Waals surface area contributed by atoms with Gasteiger partial charge in [-0.2, -0.15) is 18.3 Å². The van der Waals surface area contributed by atoms with E-state index in [0.717, 1.165) is 30.5 Å². The Bertz CT molecular complexity index is 597. The molecule has 20 heavy (non-hydrogen) atoms. The number of hydrogen-bond donors (Lipinski definition) is 1. The van der Waals surface area contributed by atoms with E-state index in [1.165, 1.54) is 12.1 Å². The molecule has 2 aromatic rings. The third kappa shape index (κ3) is 2.64. The van der Waals surface area contributed by atoms with Crippen LogP contribution in [-0.2, 0) is 19.6 Å². The third-order valence-corrected chi connectivity index (χ3v) is 3.18. The molecule has 0 aliphatic rings. The van der Waals surface area contributed by atoms with Crippen LogP contribution in [0, 0.1) is 0 Å².